The maximum Gasteiger partial charge on any atom is 0.167 e. The Kier molecular flexibility index (Phi) is 4.54. The molecular formula is C8H11ClOS. The molecule has 0 atom stereocenters. The molecule has 0 aliphatic rings. The van der Waals surface area contributed by atoms with E-state index in [1.54, 1.807) is 6.92 Å². The van der Waals surface area contributed by atoms with Crippen molar-refractivity contribution in [2.75, 3.05) is 0 Å². The summed E-state index contributed by atoms with van der Waals surface area (Å²) >= 11 is 7.00. The molecule has 0 amide bonds. The van der Waals surface area contributed by atoms with E-state index in [9.17, 15) is 4.79 Å². The Morgan fingerprint density at radius 2 is 1.82 bits per heavy atom. The van der Waals surface area contributed by atoms with Crippen LogP contribution in [0.4, 0.5) is 0 Å². The number of Topliss-reactive ketones (excluding diaryl/α,β-unsaturated/α-hetero) is 1. The van der Waals surface area contributed by atoms with Crippen LogP contribution in [0.2, 0.25) is 0 Å². The third kappa shape index (κ3) is 4.27. The van der Waals surface area contributed by atoms with E-state index in [2.05, 4.69) is 6.58 Å². The van der Waals surface area contributed by atoms with Crippen LogP contribution in [-0.2, 0) is 4.79 Å². The van der Waals surface area contributed by atoms with Gasteiger partial charge in [0, 0.05) is 5.03 Å². The molecule has 0 aliphatic carbocycles. The highest BCUT2D eigenvalue weighted by molar-refractivity contribution is 8.07. The zero-order chi connectivity index (χ0) is 9.02. The minimum Gasteiger partial charge on any atom is -0.294 e. The summed E-state index contributed by atoms with van der Waals surface area (Å²) in [6, 6.07) is 0. The summed E-state index contributed by atoms with van der Waals surface area (Å²) in [6.07, 6.45) is 0. The first-order valence-corrected chi connectivity index (χ1v) is 4.35. The first-order valence-electron chi connectivity index (χ1n) is 3.15. The lowest BCUT2D eigenvalue weighted by Crippen LogP contribution is -1.93. The summed E-state index contributed by atoms with van der Waals surface area (Å²) < 4.78 is 0. The SMILES string of the molecule is C=C(C)S/C(C(C)=O)=C(\C)Cl. The van der Waals surface area contributed by atoms with Gasteiger partial charge >= 0.3 is 0 Å². The summed E-state index contributed by atoms with van der Waals surface area (Å²) in [6.45, 7) is 8.72. The summed E-state index contributed by atoms with van der Waals surface area (Å²) in [5.74, 6) is -0.00880. The monoisotopic (exact) mass is 190 g/mol. The molecule has 11 heavy (non-hydrogen) atoms. The minimum atomic E-state index is -0.00880. The summed E-state index contributed by atoms with van der Waals surface area (Å²) in [5, 5.41) is 0.533. The first-order chi connectivity index (χ1) is 4.95. The Balaban J connectivity index is 4.52. The van der Waals surface area contributed by atoms with E-state index in [1.165, 1.54) is 18.7 Å². The first kappa shape index (κ1) is 10.8. The molecule has 0 aromatic rings. The molecule has 0 spiro atoms. The number of ketones is 1. The Morgan fingerprint density at radius 1 is 1.36 bits per heavy atom. The van der Waals surface area contributed by atoms with Gasteiger partial charge in [-0.25, -0.2) is 0 Å². The highest BCUT2D eigenvalue weighted by Crippen LogP contribution is 2.28. The second kappa shape index (κ2) is 4.62. The van der Waals surface area contributed by atoms with E-state index in [0.717, 1.165) is 4.91 Å². The third-order valence-electron chi connectivity index (χ3n) is 0.909. The fourth-order valence-electron chi connectivity index (χ4n) is 0.559. The zero-order valence-corrected chi connectivity index (χ0v) is 8.47. The Morgan fingerprint density at radius 3 is 1.91 bits per heavy atom. The molecule has 0 aliphatic heterocycles. The molecule has 0 saturated heterocycles. The van der Waals surface area contributed by atoms with Crippen molar-refractivity contribution in [2.45, 2.75) is 20.8 Å². The fraction of sp³-hybridized carbons (Fsp3) is 0.375. The van der Waals surface area contributed by atoms with Crippen molar-refractivity contribution in [3.63, 3.8) is 0 Å². The van der Waals surface area contributed by atoms with Crippen LogP contribution in [0.5, 0.6) is 0 Å². The largest absolute Gasteiger partial charge is 0.294 e. The van der Waals surface area contributed by atoms with Crippen molar-refractivity contribution < 1.29 is 4.79 Å². The number of carbonyl (C=O) groups is 1. The molecule has 0 rings (SSSR count). The average molecular weight is 191 g/mol. The molecule has 62 valence electrons. The Labute approximate surface area is 76.5 Å². The molecule has 1 nitrogen and oxygen atoms in total. The average Bonchev–Trinajstić information content (AvgIpc) is 1.81. The molecule has 0 fully saturated rings. The van der Waals surface area contributed by atoms with Crippen molar-refractivity contribution in [3.05, 3.63) is 21.4 Å². The van der Waals surface area contributed by atoms with Gasteiger partial charge in [-0.05, 0) is 25.7 Å². The highest BCUT2D eigenvalue weighted by Gasteiger charge is 2.07. The second-order valence-corrected chi connectivity index (χ2v) is 4.10. The molecule has 3 heteroatoms. The van der Waals surface area contributed by atoms with Crippen LogP contribution in [-0.4, -0.2) is 5.78 Å². The van der Waals surface area contributed by atoms with Gasteiger partial charge in [0.15, 0.2) is 5.78 Å². The van der Waals surface area contributed by atoms with Gasteiger partial charge in [0.05, 0.1) is 4.91 Å². The van der Waals surface area contributed by atoms with E-state index < -0.39 is 0 Å². The van der Waals surface area contributed by atoms with Crippen molar-refractivity contribution in [2.24, 2.45) is 0 Å². The molecular weight excluding hydrogens is 180 g/mol. The molecule has 0 unspecified atom stereocenters. The number of hydrogen-bond donors (Lipinski definition) is 0. The summed E-state index contributed by atoms with van der Waals surface area (Å²) in [7, 11) is 0. The van der Waals surface area contributed by atoms with Gasteiger partial charge in [-0.1, -0.05) is 29.9 Å². The Hall–Kier alpha value is -0.210. The van der Waals surface area contributed by atoms with Crippen molar-refractivity contribution >= 4 is 29.1 Å². The van der Waals surface area contributed by atoms with E-state index in [0.29, 0.717) is 9.94 Å². The quantitative estimate of drug-likeness (QED) is 0.636. The minimum absolute atomic E-state index is 0.00880. The van der Waals surface area contributed by atoms with E-state index >= 15 is 0 Å². The van der Waals surface area contributed by atoms with Crippen LogP contribution in [0.25, 0.3) is 0 Å². The van der Waals surface area contributed by atoms with Crippen molar-refractivity contribution in [3.8, 4) is 0 Å². The molecule has 0 N–H and O–H groups in total. The van der Waals surface area contributed by atoms with Crippen molar-refractivity contribution in [1.82, 2.24) is 0 Å². The van der Waals surface area contributed by atoms with Gasteiger partial charge < -0.3 is 0 Å². The Bertz CT molecular complexity index is 214. The second-order valence-electron chi connectivity index (χ2n) is 2.22. The topological polar surface area (TPSA) is 17.1 Å². The van der Waals surface area contributed by atoms with Crippen LogP contribution >= 0.6 is 23.4 Å². The number of hydrogen-bond acceptors (Lipinski definition) is 2. The summed E-state index contributed by atoms with van der Waals surface area (Å²) in [4.78, 5) is 12.4. The molecule has 0 aromatic carbocycles. The van der Waals surface area contributed by atoms with Gasteiger partial charge in [0.25, 0.3) is 0 Å². The van der Waals surface area contributed by atoms with Crippen LogP contribution in [0.1, 0.15) is 20.8 Å². The van der Waals surface area contributed by atoms with Gasteiger partial charge in [0.1, 0.15) is 0 Å². The standard InChI is InChI=1S/C8H11ClOS/c1-5(2)11-8(6(3)9)7(4)10/h1H2,2-4H3/b8-6+. The fourth-order valence-corrected chi connectivity index (χ4v) is 1.44. The lowest BCUT2D eigenvalue weighted by molar-refractivity contribution is -0.112. The number of thioether (sulfide) groups is 1. The van der Waals surface area contributed by atoms with Gasteiger partial charge in [-0.15, -0.1) is 0 Å². The van der Waals surface area contributed by atoms with Crippen molar-refractivity contribution in [1.29, 1.82) is 0 Å². The van der Waals surface area contributed by atoms with E-state index in [-0.39, 0.29) is 5.78 Å². The summed E-state index contributed by atoms with van der Waals surface area (Å²) in [5.41, 5.74) is 0. The molecule has 0 saturated carbocycles. The predicted octanol–water partition coefficient (Wildman–Crippen LogP) is 3.31. The number of allylic oxidation sites excluding steroid dienone is 3. The maximum absolute atomic E-state index is 10.9. The number of halogens is 1. The van der Waals surface area contributed by atoms with Gasteiger partial charge in [-0.2, -0.15) is 0 Å². The van der Waals surface area contributed by atoms with E-state index in [1.807, 2.05) is 6.92 Å². The lowest BCUT2D eigenvalue weighted by atomic mass is 10.4. The molecule has 0 aromatic heterocycles. The van der Waals surface area contributed by atoms with Gasteiger partial charge in [0.2, 0.25) is 0 Å². The lowest BCUT2D eigenvalue weighted by Gasteiger charge is -2.02. The number of rotatable bonds is 3. The van der Waals surface area contributed by atoms with E-state index in [4.69, 9.17) is 11.6 Å². The molecule has 0 heterocycles. The third-order valence-corrected chi connectivity index (χ3v) is 2.36. The normalized spacial score (nSPS) is 12.4. The number of carbonyl (C=O) groups excluding carboxylic acids is 1. The zero-order valence-electron chi connectivity index (χ0n) is 6.90. The van der Waals surface area contributed by atoms with Crippen LogP contribution in [0, 0.1) is 0 Å². The smallest absolute Gasteiger partial charge is 0.167 e. The predicted molar refractivity (Wildman–Crippen MR) is 51.6 cm³/mol. The highest BCUT2D eigenvalue weighted by atomic mass is 35.5. The molecule has 0 radical (unpaired) electrons. The maximum atomic E-state index is 10.9. The van der Waals surface area contributed by atoms with Crippen LogP contribution in [0.3, 0.4) is 0 Å². The molecule has 0 bridgehead atoms. The van der Waals surface area contributed by atoms with Crippen LogP contribution < -0.4 is 0 Å². The van der Waals surface area contributed by atoms with Gasteiger partial charge in [-0.3, -0.25) is 4.79 Å². The van der Waals surface area contributed by atoms with Crippen LogP contribution in [0.15, 0.2) is 21.4 Å².